The number of benzene rings is 1. The van der Waals surface area contributed by atoms with E-state index in [1.807, 2.05) is 31.5 Å². The van der Waals surface area contributed by atoms with Crippen LogP contribution in [0.1, 0.15) is 17.0 Å². The second-order valence-corrected chi connectivity index (χ2v) is 4.94. The van der Waals surface area contributed by atoms with Gasteiger partial charge in [-0.3, -0.25) is 0 Å². The molecule has 3 rings (SSSR count). The fraction of sp³-hybridized carbons (Fsp3) is 0.286. The van der Waals surface area contributed by atoms with Gasteiger partial charge in [-0.05, 0) is 30.7 Å². The van der Waals surface area contributed by atoms with Crippen LogP contribution >= 0.6 is 0 Å². The molecule has 2 heterocycles. The lowest BCUT2D eigenvalue weighted by Gasteiger charge is -2.30. The average Bonchev–Trinajstić information content (AvgIpc) is 2.93. The fourth-order valence-electron chi connectivity index (χ4n) is 2.58. The second kappa shape index (κ2) is 4.88. The number of fused-ring (bicyclic) bond motifs is 1. The molecular weight excluding hydrogens is 254 g/mol. The number of aromatic nitrogens is 2. The van der Waals surface area contributed by atoms with Gasteiger partial charge in [0.25, 0.3) is 0 Å². The summed E-state index contributed by atoms with van der Waals surface area (Å²) in [4.78, 5) is 6.65. The normalized spacial score (nSPS) is 15.2. The van der Waals surface area contributed by atoms with Gasteiger partial charge in [-0.25, -0.2) is 4.98 Å². The molecule has 1 aliphatic heterocycles. The minimum absolute atomic E-state index is 0.142. The van der Waals surface area contributed by atoms with E-state index in [0.29, 0.717) is 0 Å². The lowest BCUT2D eigenvalue weighted by Crippen LogP contribution is -2.33. The predicted octanol–water partition coefficient (Wildman–Crippen LogP) is 1.31. The molecule has 0 spiro atoms. The van der Waals surface area contributed by atoms with Gasteiger partial charge in [-0.15, -0.1) is 0 Å². The van der Waals surface area contributed by atoms with Crippen LogP contribution in [0.15, 0.2) is 35.7 Å². The van der Waals surface area contributed by atoms with Gasteiger partial charge in [0.2, 0.25) is 0 Å². The summed E-state index contributed by atoms with van der Waals surface area (Å²) in [5.41, 5.74) is 8.53. The maximum Gasteiger partial charge on any atom is 0.170 e. The number of oxime groups is 1. The van der Waals surface area contributed by atoms with Crippen LogP contribution in [0.5, 0.6) is 0 Å². The Morgan fingerprint density at radius 2 is 2.25 bits per heavy atom. The maximum absolute atomic E-state index is 8.76. The highest BCUT2D eigenvalue weighted by Gasteiger charge is 2.17. The zero-order chi connectivity index (χ0) is 14.1. The molecule has 104 valence electrons. The highest BCUT2D eigenvalue weighted by Crippen LogP contribution is 2.23. The van der Waals surface area contributed by atoms with Crippen molar-refractivity contribution >= 4 is 11.5 Å². The van der Waals surface area contributed by atoms with Crippen LogP contribution in [0, 0.1) is 6.92 Å². The van der Waals surface area contributed by atoms with Crippen LogP contribution in [0.4, 0.5) is 5.69 Å². The minimum Gasteiger partial charge on any atom is -0.409 e. The molecule has 1 aromatic carbocycles. The monoisotopic (exact) mass is 271 g/mol. The van der Waals surface area contributed by atoms with Gasteiger partial charge in [-0.2, -0.15) is 0 Å². The Labute approximate surface area is 117 Å². The first kappa shape index (κ1) is 12.5. The van der Waals surface area contributed by atoms with Crippen molar-refractivity contribution in [1.82, 2.24) is 9.55 Å². The number of anilines is 1. The lowest BCUT2D eigenvalue weighted by molar-refractivity contribution is 0.318. The smallest absolute Gasteiger partial charge is 0.170 e. The summed E-state index contributed by atoms with van der Waals surface area (Å²) in [5, 5.41) is 11.8. The number of hydrogen-bond acceptors (Lipinski definition) is 4. The third-order valence-corrected chi connectivity index (χ3v) is 3.70. The summed E-state index contributed by atoms with van der Waals surface area (Å²) >= 11 is 0. The highest BCUT2D eigenvalue weighted by molar-refractivity contribution is 5.98. The lowest BCUT2D eigenvalue weighted by atomic mass is 10.1. The second-order valence-electron chi connectivity index (χ2n) is 4.94. The van der Waals surface area contributed by atoms with E-state index < -0.39 is 0 Å². The minimum atomic E-state index is 0.142. The van der Waals surface area contributed by atoms with Crippen molar-refractivity contribution in [3.8, 4) is 0 Å². The van der Waals surface area contributed by atoms with Crippen molar-refractivity contribution in [3.05, 3.63) is 47.5 Å². The van der Waals surface area contributed by atoms with Crippen LogP contribution in [-0.2, 0) is 13.1 Å². The summed E-state index contributed by atoms with van der Waals surface area (Å²) in [6, 6.07) is 5.95. The van der Waals surface area contributed by atoms with Crippen molar-refractivity contribution < 1.29 is 5.21 Å². The van der Waals surface area contributed by atoms with Crippen LogP contribution in [-0.4, -0.2) is 27.1 Å². The van der Waals surface area contributed by atoms with Crippen LogP contribution in [0.25, 0.3) is 0 Å². The Hall–Kier alpha value is -2.50. The Morgan fingerprint density at radius 3 is 3.00 bits per heavy atom. The number of imidazole rings is 1. The van der Waals surface area contributed by atoms with Crippen molar-refractivity contribution in [2.45, 2.75) is 20.0 Å². The van der Waals surface area contributed by atoms with Crippen molar-refractivity contribution in [3.63, 3.8) is 0 Å². The van der Waals surface area contributed by atoms with Crippen LogP contribution in [0.3, 0.4) is 0 Å². The van der Waals surface area contributed by atoms with Crippen LogP contribution in [0.2, 0.25) is 0 Å². The maximum atomic E-state index is 8.76. The van der Waals surface area contributed by atoms with Crippen molar-refractivity contribution in [2.24, 2.45) is 10.9 Å². The molecular formula is C14H17N5O. The highest BCUT2D eigenvalue weighted by atomic mass is 16.4. The van der Waals surface area contributed by atoms with E-state index in [0.717, 1.165) is 42.3 Å². The van der Waals surface area contributed by atoms with Gasteiger partial charge in [0.1, 0.15) is 5.82 Å². The number of rotatable bonds is 2. The number of hydrogen-bond donors (Lipinski definition) is 2. The van der Waals surface area contributed by atoms with E-state index in [9.17, 15) is 0 Å². The van der Waals surface area contributed by atoms with Gasteiger partial charge >= 0.3 is 0 Å². The number of amidine groups is 1. The van der Waals surface area contributed by atoms with E-state index in [-0.39, 0.29) is 5.84 Å². The molecule has 0 fully saturated rings. The van der Waals surface area contributed by atoms with Gasteiger partial charge in [-0.1, -0.05) is 5.16 Å². The fourth-order valence-corrected chi connectivity index (χ4v) is 2.58. The molecule has 1 aromatic heterocycles. The SMILES string of the molecule is Cc1cc(N2CCn3ccnc3C2)ccc1/C(N)=N/O. The Balaban J connectivity index is 1.87. The molecule has 0 radical (unpaired) electrons. The molecule has 0 aliphatic carbocycles. The predicted molar refractivity (Wildman–Crippen MR) is 77.0 cm³/mol. The first-order valence-corrected chi connectivity index (χ1v) is 6.52. The molecule has 6 heteroatoms. The van der Waals surface area contributed by atoms with Gasteiger partial charge in [0.05, 0.1) is 6.54 Å². The van der Waals surface area contributed by atoms with E-state index in [1.165, 1.54) is 0 Å². The van der Waals surface area contributed by atoms with E-state index in [1.54, 1.807) is 0 Å². The first-order chi connectivity index (χ1) is 9.69. The summed E-state index contributed by atoms with van der Waals surface area (Å²) in [6.07, 6.45) is 3.85. The summed E-state index contributed by atoms with van der Waals surface area (Å²) in [6.45, 7) is 4.65. The number of nitrogens with zero attached hydrogens (tertiary/aromatic N) is 4. The molecule has 0 saturated heterocycles. The molecule has 0 saturated carbocycles. The van der Waals surface area contributed by atoms with Crippen molar-refractivity contribution in [2.75, 3.05) is 11.4 Å². The Morgan fingerprint density at radius 1 is 1.40 bits per heavy atom. The topological polar surface area (TPSA) is 79.7 Å². The van der Waals surface area contributed by atoms with Crippen LogP contribution < -0.4 is 10.6 Å². The van der Waals surface area contributed by atoms with E-state index in [4.69, 9.17) is 10.9 Å². The standard InChI is InChI=1S/C14H17N5O/c1-10-8-11(2-3-12(10)14(15)17-20)19-7-6-18-5-4-16-13(18)9-19/h2-5,8,20H,6-7,9H2,1H3,(H2,15,17). The van der Waals surface area contributed by atoms with E-state index in [2.05, 4.69) is 25.7 Å². The molecule has 20 heavy (non-hydrogen) atoms. The van der Waals surface area contributed by atoms with Gasteiger partial charge in [0.15, 0.2) is 5.84 Å². The molecule has 0 atom stereocenters. The molecule has 0 unspecified atom stereocenters. The molecule has 2 aromatic rings. The van der Waals surface area contributed by atoms with Crippen molar-refractivity contribution in [1.29, 1.82) is 0 Å². The molecule has 1 aliphatic rings. The summed E-state index contributed by atoms with van der Waals surface area (Å²) < 4.78 is 2.17. The number of aryl methyl sites for hydroxylation is 1. The zero-order valence-electron chi connectivity index (χ0n) is 11.3. The van der Waals surface area contributed by atoms with E-state index >= 15 is 0 Å². The third kappa shape index (κ3) is 2.09. The number of nitrogens with two attached hydrogens (primary N) is 1. The zero-order valence-corrected chi connectivity index (χ0v) is 11.3. The summed E-state index contributed by atoms with van der Waals surface area (Å²) in [7, 11) is 0. The van der Waals surface area contributed by atoms with Gasteiger partial charge < -0.3 is 20.4 Å². The average molecular weight is 271 g/mol. The largest absolute Gasteiger partial charge is 0.409 e. The molecule has 3 N–H and O–H groups in total. The quantitative estimate of drug-likeness (QED) is 0.373. The van der Waals surface area contributed by atoms with Gasteiger partial charge in [0, 0.05) is 36.7 Å². The molecule has 6 nitrogen and oxygen atoms in total. The summed E-state index contributed by atoms with van der Waals surface area (Å²) in [5.74, 6) is 1.22. The Bertz CT molecular complexity index is 661. The first-order valence-electron chi connectivity index (χ1n) is 6.52. The third-order valence-electron chi connectivity index (χ3n) is 3.70. The molecule has 0 bridgehead atoms. The Kier molecular flexibility index (Phi) is 3.06. The molecule has 0 amide bonds.